The molecule has 0 radical (unpaired) electrons. The number of nitrogens with zero attached hydrogens (tertiary/aromatic N) is 1. The summed E-state index contributed by atoms with van der Waals surface area (Å²) in [5.41, 5.74) is 7.09. The molecule has 0 aliphatic rings. The second-order valence-electron chi connectivity index (χ2n) is 2.57. The van der Waals surface area contributed by atoms with Gasteiger partial charge in [-0.05, 0) is 36.8 Å². The lowest BCUT2D eigenvalue weighted by Gasteiger charge is -2.00. The van der Waals surface area contributed by atoms with E-state index in [1.807, 2.05) is 6.92 Å². The van der Waals surface area contributed by atoms with Crippen molar-refractivity contribution in [2.24, 2.45) is 10.7 Å². The van der Waals surface area contributed by atoms with Crippen molar-refractivity contribution in [1.29, 1.82) is 0 Å². The van der Waals surface area contributed by atoms with Crippen LogP contribution >= 0.6 is 12.2 Å². The number of carbonyl (C=O) groups excluding carboxylic acids is 1. The van der Waals surface area contributed by atoms with Gasteiger partial charge in [0, 0.05) is 5.56 Å². The Morgan fingerprint density at radius 3 is 2.85 bits per heavy atom. The molecule has 1 aromatic carbocycles. The van der Waals surface area contributed by atoms with Crippen LogP contribution in [0.15, 0.2) is 23.2 Å². The molecule has 0 saturated heterocycles. The van der Waals surface area contributed by atoms with Crippen LogP contribution in [0.3, 0.4) is 0 Å². The van der Waals surface area contributed by atoms with Gasteiger partial charge in [0.05, 0.1) is 10.8 Å². The van der Waals surface area contributed by atoms with Crippen LogP contribution in [0.25, 0.3) is 0 Å². The summed E-state index contributed by atoms with van der Waals surface area (Å²) in [5.74, 6) is -0.471. The molecule has 4 heteroatoms. The molecular weight excluding hydrogens is 184 g/mol. The highest BCUT2D eigenvalue weighted by Crippen LogP contribution is 2.19. The van der Waals surface area contributed by atoms with E-state index in [9.17, 15) is 4.79 Å². The van der Waals surface area contributed by atoms with Crippen molar-refractivity contribution < 1.29 is 4.79 Å². The van der Waals surface area contributed by atoms with Gasteiger partial charge in [-0.25, -0.2) is 0 Å². The van der Waals surface area contributed by atoms with Gasteiger partial charge in [0.1, 0.15) is 0 Å². The fourth-order valence-electron chi connectivity index (χ4n) is 0.932. The first-order valence-electron chi connectivity index (χ1n) is 3.63. The molecular formula is C9H8N2OS. The number of nitrogens with two attached hydrogens (primary N) is 1. The minimum absolute atomic E-state index is 0.426. The number of primary amides is 1. The second-order valence-corrected chi connectivity index (χ2v) is 2.75. The number of benzene rings is 1. The zero-order valence-corrected chi connectivity index (χ0v) is 7.89. The predicted octanol–water partition coefficient (Wildman–Crippen LogP) is 1.83. The Morgan fingerprint density at radius 2 is 2.31 bits per heavy atom. The number of rotatable bonds is 2. The Morgan fingerprint density at radius 1 is 1.62 bits per heavy atom. The molecule has 0 saturated carbocycles. The third-order valence-electron chi connectivity index (χ3n) is 1.66. The summed E-state index contributed by atoms with van der Waals surface area (Å²) in [6.45, 7) is 1.87. The highest BCUT2D eigenvalue weighted by Gasteiger charge is 2.02. The molecule has 2 N–H and O–H groups in total. The summed E-state index contributed by atoms with van der Waals surface area (Å²) in [7, 11) is 0. The van der Waals surface area contributed by atoms with Crippen LogP contribution in [-0.4, -0.2) is 11.1 Å². The van der Waals surface area contributed by atoms with E-state index in [4.69, 9.17) is 5.73 Å². The zero-order chi connectivity index (χ0) is 9.84. The van der Waals surface area contributed by atoms with Crippen LogP contribution in [0.1, 0.15) is 15.9 Å². The molecule has 1 aromatic rings. The van der Waals surface area contributed by atoms with E-state index in [1.165, 1.54) is 0 Å². The molecule has 1 rings (SSSR count). The molecule has 13 heavy (non-hydrogen) atoms. The van der Waals surface area contributed by atoms with Crippen LogP contribution in [0, 0.1) is 6.92 Å². The molecule has 0 heterocycles. The van der Waals surface area contributed by atoms with Gasteiger partial charge < -0.3 is 5.73 Å². The van der Waals surface area contributed by atoms with Gasteiger partial charge in [-0.3, -0.25) is 4.79 Å². The summed E-state index contributed by atoms with van der Waals surface area (Å²) in [4.78, 5) is 14.6. The number of thiocarbonyl (C=S) groups is 1. The Labute approximate surface area is 81.3 Å². The topological polar surface area (TPSA) is 55.5 Å². The van der Waals surface area contributed by atoms with Crippen LogP contribution in [-0.2, 0) is 0 Å². The highest BCUT2D eigenvalue weighted by molar-refractivity contribution is 7.78. The van der Waals surface area contributed by atoms with E-state index in [2.05, 4.69) is 22.4 Å². The Bertz CT molecular complexity index is 395. The van der Waals surface area contributed by atoms with Crippen molar-refractivity contribution in [2.75, 3.05) is 0 Å². The van der Waals surface area contributed by atoms with Gasteiger partial charge >= 0.3 is 0 Å². The monoisotopic (exact) mass is 192 g/mol. The smallest absolute Gasteiger partial charge is 0.248 e. The maximum Gasteiger partial charge on any atom is 0.248 e. The molecule has 3 nitrogen and oxygen atoms in total. The third-order valence-corrected chi connectivity index (χ3v) is 1.75. The largest absolute Gasteiger partial charge is 0.366 e. The lowest BCUT2D eigenvalue weighted by molar-refractivity contribution is 0.100. The van der Waals surface area contributed by atoms with Crippen molar-refractivity contribution in [3.8, 4) is 0 Å². The zero-order valence-electron chi connectivity index (χ0n) is 7.07. The van der Waals surface area contributed by atoms with E-state index >= 15 is 0 Å². The summed E-state index contributed by atoms with van der Waals surface area (Å²) in [6, 6.07) is 5.02. The van der Waals surface area contributed by atoms with Crippen molar-refractivity contribution in [2.45, 2.75) is 6.92 Å². The number of carbonyl (C=O) groups is 1. The number of amides is 1. The Kier molecular flexibility index (Phi) is 2.90. The fourth-order valence-corrected chi connectivity index (χ4v) is 1.03. The average molecular weight is 192 g/mol. The number of isothiocyanates is 1. The standard InChI is InChI=1S/C9H8N2OS/c1-6-2-3-7(9(10)12)4-8(6)11-5-13/h2-4H,1H3,(H2,10,12). The Hall–Kier alpha value is -1.51. The normalized spacial score (nSPS) is 9.00. The van der Waals surface area contributed by atoms with E-state index in [-0.39, 0.29) is 0 Å². The minimum Gasteiger partial charge on any atom is -0.366 e. The SMILES string of the molecule is Cc1ccc(C(N)=O)cc1N=C=S. The van der Waals surface area contributed by atoms with Crippen LogP contribution in [0.4, 0.5) is 5.69 Å². The third kappa shape index (κ3) is 2.21. The van der Waals surface area contributed by atoms with E-state index < -0.39 is 5.91 Å². The van der Waals surface area contributed by atoms with E-state index in [0.29, 0.717) is 11.3 Å². The summed E-state index contributed by atoms with van der Waals surface area (Å²) >= 11 is 4.47. The van der Waals surface area contributed by atoms with Gasteiger partial charge in [-0.2, -0.15) is 4.99 Å². The first-order chi connectivity index (χ1) is 6.15. The summed E-state index contributed by atoms with van der Waals surface area (Å²) < 4.78 is 0. The lowest BCUT2D eigenvalue weighted by atomic mass is 10.1. The summed E-state index contributed by atoms with van der Waals surface area (Å²) in [5, 5.41) is 2.25. The van der Waals surface area contributed by atoms with Gasteiger partial charge in [0.2, 0.25) is 5.91 Å². The molecule has 0 bridgehead atoms. The van der Waals surface area contributed by atoms with Gasteiger partial charge in [0.25, 0.3) is 0 Å². The van der Waals surface area contributed by atoms with Crippen molar-refractivity contribution in [3.05, 3.63) is 29.3 Å². The molecule has 0 spiro atoms. The minimum atomic E-state index is -0.471. The maximum absolute atomic E-state index is 10.8. The van der Waals surface area contributed by atoms with Crippen molar-refractivity contribution in [3.63, 3.8) is 0 Å². The van der Waals surface area contributed by atoms with Gasteiger partial charge in [-0.1, -0.05) is 6.07 Å². The average Bonchev–Trinajstić information content (AvgIpc) is 2.08. The van der Waals surface area contributed by atoms with Crippen LogP contribution in [0.5, 0.6) is 0 Å². The van der Waals surface area contributed by atoms with E-state index in [0.717, 1.165) is 5.56 Å². The fraction of sp³-hybridized carbons (Fsp3) is 0.111. The number of hydrogen-bond acceptors (Lipinski definition) is 3. The first-order valence-corrected chi connectivity index (χ1v) is 4.04. The van der Waals surface area contributed by atoms with Gasteiger partial charge in [-0.15, -0.1) is 0 Å². The molecule has 0 aliphatic heterocycles. The Balaban J connectivity index is 3.26. The quantitative estimate of drug-likeness (QED) is 0.574. The second kappa shape index (κ2) is 3.94. The number of aliphatic imine (C=N–C) groups is 1. The highest BCUT2D eigenvalue weighted by atomic mass is 32.1. The van der Waals surface area contributed by atoms with Crippen LogP contribution in [0.2, 0.25) is 0 Å². The van der Waals surface area contributed by atoms with Gasteiger partial charge in [0.15, 0.2) is 0 Å². The number of aryl methyl sites for hydroxylation is 1. The lowest BCUT2D eigenvalue weighted by Crippen LogP contribution is -2.10. The first kappa shape index (κ1) is 9.58. The number of hydrogen-bond donors (Lipinski definition) is 1. The maximum atomic E-state index is 10.8. The molecule has 0 aliphatic carbocycles. The van der Waals surface area contributed by atoms with Crippen molar-refractivity contribution >= 4 is 29.0 Å². The molecule has 1 amide bonds. The van der Waals surface area contributed by atoms with Crippen LogP contribution < -0.4 is 5.73 Å². The summed E-state index contributed by atoms with van der Waals surface area (Å²) in [6.07, 6.45) is 0. The van der Waals surface area contributed by atoms with E-state index in [1.54, 1.807) is 18.2 Å². The molecule has 0 fully saturated rings. The predicted molar refractivity (Wildman–Crippen MR) is 54.4 cm³/mol. The molecule has 0 atom stereocenters. The molecule has 0 unspecified atom stereocenters. The van der Waals surface area contributed by atoms with Crippen molar-refractivity contribution in [1.82, 2.24) is 0 Å². The molecule has 66 valence electrons. The molecule has 0 aromatic heterocycles.